The average molecular weight is 469 g/mol. The second-order valence-corrected chi connectivity index (χ2v) is 8.82. The molecule has 0 unspecified atom stereocenters. The van der Waals surface area contributed by atoms with Gasteiger partial charge >= 0.3 is 0 Å². The summed E-state index contributed by atoms with van der Waals surface area (Å²) in [5.41, 5.74) is 1.11. The Morgan fingerprint density at radius 3 is 2.73 bits per heavy atom. The van der Waals surface area contributed by atoms with E-state index in [0.29, 0.717) is 31.2 Å². The van der Waals surface area contributed by atoms with E-state index < -0.39 is 0 Å². The first kappa shape index (κ1) is 22.9. The number of rotatable bonds is 9. The second kappa shape index (κ2) is 10.6. The highest BCUT2D eigenvalue weighted by molar-refractivity contribution is 7.10. The number of benzene rings is 1. The molecule has 0 radical (unpaired) electrons. The van der Waals surface area contributed by atoms with Gasteiger partial charge in [-0.25, -0.2) is 0 Å². The standard InChI is InChI=1S/C25H28N2O5S/c1-3-12-26(25(29)22-9-6-14-31-22)16-24(28)27-13-10-23-18(11-15-33-23)19(27)17-32-21-8-5-4-7-20(21)30-2/h4-9,11,14-15,19H,3,10,12-13,16-17H2,1-2H3/t19-/m1/s1. The molecule has 1 aliphatic heterocycles. The van der Waals surface area contributed by atoms with Crippen molar-refractivity contribution in [1.82, 2.24) is 9.80 Å². The van der Waals surface area contributed by atoms with Crippen molar-refractivity contribution in [3.63, 3.8) is 0 Å². The lowest BCUT2D eigenvalue weighted by atomic mass is 10.0. The number of carbonyl (C=O) groups excluding carboxylic acids is 2. The lowest BCUT2D eigenvalue weighted by molar-refractivity contribution is -0.135. The smallest absolute Gasteiger partial charge is 0.290 e. The van der Waals surface area contributed by atoms with Crippen molar-refractivity contribution in [2.45, 2.75) is 25.8 Å². The van der Waals surface area contributed by atoms with Gasteiger partial charge in [-0.2, -0.15) is 0 Å². The Morgan fingerprint density at radius 1 is 1.18 bits per heavy atom. The van der Waals surface area contributed by atoms with Gasteiger partial charge in [-0.05, 0) is 54.1 Å². The summed E-state index contributed by atoms with van der Waals surface area (Å²) in [5.74, 6) is 1.15. The molecule has 174 valence electrons. The molecule has 0 bridgehead atoms. The van der Waals surface area contributed by atoms with Crippen LogP contribution >= 0.6 is 11.3 Å². The van der Waals surface area contributed by atoms with Gasteiger partial charge < -0.3 is 23.7 Å². The zero-order valence-corrected chi connectivity index (χ0v) is 19.7. The van der Waals surface area contributed by atoms with E-state index in [0.717, 1.165) is 18.4 Å². The van der Waals surface area contributed by atoms with E-state index in [1.807, 2.05) is 36.1 Å². The number of hydrogen-bond acceptors (Lipinski definition) is 6. The fraction of sp³-hybridized carbons (Fsp3) is 0.360. The minimum absolute atomic E-state index is 0.00198. The number of fused-ring (bicyclic) bond motifs is 1. The summed E-state index contributed by atoms with van der Waals surface area (Å²) in [6, 6.07) is 12.6. The molecule has 3 aromatic rings. The molecule has 0 spiro atoms. The van der Waals surface area contributed by atoms with Gasteiger partial charge in [0.05, 0.1) is 19.4 Å². The van der Waals surface area contributed by atoms with E-state index in [4.69, 9.17) is 13.9 Å². The highest BCUT2D eigenvalue weighted by atomic mass is 32.1. The number of carbonyl (C=O) groups is 2. The first-order valence-electron chi connectivity index (χ1n) is 11.1. The summed E-state index contributed by atoms with van der Waals surface area (Å²) in [6.07, 6.45) is 3.01. The minimum Gasteiger partial charge on any atom is -0.493 e. The van der Waals surface area contributed by atoms with Crippen LogP contribution in [0.25, 0.3) is 0 Å². The Balaban J connectivity index is 1.52. The molecule has 0 saturated carbocycles. The molecule has 2 aromatic heterocycles. The molecular weight excluding hydrogens is 440 g/mol. The lowest BCUT2D eigenvalue weighted by Gasteiger charge is -2.37. The van der Waals surface area contributed by atoms with Gasteiger partial charge in [0.15, 0.2) is 17.3 Å². The number of para-hydroxylation sites is 2. The average Bonchev–Trinajstić information content (AvgIpc) is 3.54. The molecule has 4 rings (SSSR count). The van der Waals surface area contributed by atoms with Crippen LogP contribution in [0.1, 0.15) is 40.4 Å². The van der Waals surface area contributed by atoms with E-state index in [1.54, 1.807) is 35.5 Å². The summed E-state index contributed by atoms with van der Waals surface area (Å²) in [4.78, 5) is 31.0. The van der Waals surface area contributed by atoms with Crippen molar-refractivity contribution in [3.05, 3.63) is 70.3 Å². The Bertz CT molecular complexity index is 1080. The maximum atomic E-state index is 13.5. The van der Waals surface area contributed by atoms with Crippen LogP contribution in [0.15, 0.2) is 58.5 Å². The SMILES string of the molecule is CCCN(CC(=O)N1CCc2sccc2[C@H]1COc1ccccc1OC)C(=O)c1ccco1. The molecule has 1 aliphatic rings. The number of hydrogen-bond donors (Lipinski definition) is 0. The zero-order chi connectivity index (χ0) is 23.2. The van der Waals surface area contributed by atoms with Crippen LogP contribution in [0, 0.1) is 0 Å². The highest BCUT2D eigenvalue weighted by Crippen LogP contribution is 2.35. The van der Waals surface area contributed by atoms with Gasteiger partial charge in [0.25, 0.3) is 5.91 Å². The molecular formula is C25H28N2O5S. The van der Waals surface area contributed by atoms with Crippen molar-refractivity contribution in [3.8, 4) is 11.5 Å². The van der Waals surface area contributed by atoms with Crippen LogP contribution in [-0.4, -0.2) is 55.0 Å². The largest absolute Gasteiger partial charge is 0.493 e. The third kappa shape index (κ3) is 5.06. The number of ether oxygens (including phenoxy) is 2. The Labute approximate surface area is 197 Å². The topological polar surface area (TPSA) is 72.2 Å². The van der Waals surface area contributed by atoms with Crippen LogP contribution in [0.5, 0.6) is 11.5 Å². The van der Waals surface area contributed by atoms with E-state index in [2.05, 4.69) is 11.4 Å². The van der Waals surface area contributed by atoms with Crippen molar-refractivity contribution >= 4 is 23.2 Å². The van der Waals surface area contributed by atoms with Gasteiger partial charge in [0, 0.05) is 18.0 Å². The van der Waals surface area contributed by atoms with Crippen molar-refractivity contribution in [2.24, 2.45) is 0 Å². The normalized spacial score (nSPS) is 15.1. The molecule has 1 aromatic carbocycles. The predicted octanol–water partition coefficient (Wildman–Crippen LogP) is 4.41. The van der Waals surface area contributed by atoms with Crippen molar-refractivity contribution < 1.29 is 23.5 Å². The summed E-state index contributed by atoms with van der Waals surface area (Å²) >= 11 is 1.70. The monoisotopic (exact) mass is 468 g/mol. The van der Waals surface area contributed by atoms with Crippen LogP contribution in [-0.2, 0) is 11.2 Å². The lowest BCUT2D eigenvalue weighted by Crippen LogP contribution is -2.48. The molecule has 1 atom stereocenters. The van der Waals surface area contributed by atoms with Gasteiger partial charge in [-0.3, -0.25) is 9.59 Å². The quantitative estimate of drug-likeness (QED) is 0.465. The number of thiophene rings is 1. The summed E-state index contributed by atoms with van der Waals surface area (Å²) in [7, 11) is 1.61. The van der Waals surface area contributed by atoms with Crippen LogP contribution in [0.2, 0.25) is 0 Å². The zero-order valence-electron chi connectivity index (χ0n) is 18.9. The Hall–Kier alpha value is -3.26. The molecule has 3 heterocycles. The first-order valence-corrected chi connectivity index (χ1v) is 11.9. The van der Waals surface area contributed by atoms with E-state index in [-0.39, 0.29) is 30.2 Å². The highest BCUT2D eigenvalue weighted by Gasteiger charge is 2.34. The molecule has 0 saturated heterocycles. The van der Waals surface area contributed by atoms with Crippen molar-refractivity contribution in [1.29, 1.82) is 0 Å². The number of methoxy groups -OCH3 is 1. The van der Waals surface area contributed by atoms with E-state index >= 15 is 0 Å². The Morgan fingerprint density at radius 2 is 2.00 bits per heavy atom. The number of nitrogens with zero attached hydrogens (tertiary/aromatic N) is 2. The summed E-state index contributed by atoms with van der Waals surface area (Å²) < 4.78 is 16.8. The molecule has 0 fully saturated rings. The second-order valence-electron chi connectivity index (χ2n) is 7.82. The Kier molecular flexibility index (Phi) is 7.34. The summed E-state index contributed by atoms with van der Waals surface area (Å²) in [5, 5.41) is 2.05. The van der Waals surface area contributed by atoms with Crippen LogP contribution in [0.4, 0.5) is 0 Å². The van der Waals surface area contributed by atoms with Gasteiger partial charge in [0.1, 0.15) is 13.2 Å². The number of furan rings is 1. The fourth-order valence-corrected chi connectivity index (χ4v) is 5.04. The third-order valence-corrected chi connectivity index (χ3v) is 6.72. The van der Waals surface area contributed by atoms with Gasteiger partial charge in [0.2, 0.25) is 5.91 Å². The van der Waals surface area contributed by atoms with E-state index in [9.17, 15) is 9.59 Å². The fourth-order valence-electron chi connectivity index (χ4n) is 4.11. The first-order chi connectivity index (χ1) is 16.1. The molecule has 7 nitrogen and oxygen atoms in total. The number of amides is 2. The summed E-state index contributed by atoms with van der Waals surface area (Å²) in [6.45, 7) is 3.34. The maximum absolute atomic E-state index is 13.5. The molecule has 8 heteroatoms. The van der Waals surface area contributed by atoms with Gasteiger partial charge in [-0.15, -0.1) is 11.3 Å². The molecule has 33 heavy (non-hydrogen) atoms. The van der Waals surface area contributed by atoms with Crippen LogP contribution in [0.3, 0.4) is 0 Å². The minimum atomic E-state index is -0.273. The van der Waals surface area contributed by atoms with Gasteiger partial charge in [-0.1, -0.05) is 19.1 Å². The molecule has 0 aliphatic carbocycles. The predicted molar refractivity (Wildman–Crippen MR) is 126 cm³/mol. The molecule has 0 N–H and O–H groups in total. The van der Waals surface area contributed by atoms with E-state index in [1.165, 1.54) is 11.1 Å². The molecule has 2 amide bonds. The third-order valence-electron chi connectivity index (χ3n) is 5.72. The maximum Gasteiger partial charge on any atom is 0.290 e. The van der Waals surface area contributed by atoms with Crippen LogP contribution < -0.4 is 9.47 Å². The van der Waals surface area contributed by atoms with Crippen molar-refractivity contribution in [2.75, 3.05) is 33.4 Å².